The average Bonchev–Trinajstić information content (AvgIpc) is 3.29. The van der Waals surface area contributed by atoms with Crippen molar-refractivity contribution in [1.29, 1.82) is 0 Å². The number of hydrogen-bond acceptors (Lipinski definition) is 6. The number of H-pyrrole nitrogens is 1. The lowest BCUT2D eigenvalue weighted by molar-refractivity contribution is 0.102. The smallest absolute Gasteiger partial charge is 0.277 e. The molecule has 0 saturated heterocycles. The van der Waals surface area contributed by atoms with Crippen LogP contribution in [0.3, 0.4) is 0 Å². The summed E-state index contributed by atoms with van der Waals surface area (Å²) in [4.78, 5) is 19.8. The predicted molar refractivity (Wildman–Crippen MR) is 115 cm³/mol. The third kappa shape index (κ3) is 5.05. The zero-order valence-corrected chi connectivity index (χ0v) is 17.5. The van der Waals surface area contributed by atoms with Gasteiger partial charge >= 0.3 is 0 Å². The zero-order valence-electron chi connectivity index (χ0n) is 15.9. The summed E-state index contributed by atoms with van der Waals surface area (Å²) in [6.07, 6.45) is 4.84. The number of carbonyl (C=O) groups is 1. The van der Waals surface area contributed by atoms with Crippen molar-refractivity contribution in [2.45, 2.75) is 50.8 Å². The number of fused-ring (bicyclic) bond motifs is 1. The van der Waals surface area contributed by atoms with E-state index in [4.69, 9.17) is 5.73 Å². The van der Waals surface area contributed by atoms with E-state index in [1.165, 1.54) is 0 Å². The molecule has 5 N–H and O–H groups in total. The van der Waals surface area contributed by atoms with E-state index in [1.807, 2.05) is 0 Å². The minimum Gasteiger partial charge on any atom is -0.385 e. The summed E-state index contributed by atoms with van der Waals surface area (Å²) in [6, 6.07) is 5.84. The number of aliphatic hydroxyl groups is 1. The van der Waals surface area contributed by atoms with Crippen LogP contribution in [-0.4, -0.2) is 42.0 Å². The molecule has 1 saturated carbocycles. The standard InChI is InChI=1S/C18H23N7O2.2ClH/c1-10(26)17-21-14-7-4-12(8-15(14)22-17)20-18(27)16-9-25(24-23-16)13-5-2-11(19)3-6-13;;/h4,7-11,13,26H,2-3,5-6,19H2,1H3,(H,20,27)(H,21,22);2*1H. The van der Waals surface area contributed by atoms with Gasteiger partial charge in [0.25, 0.3) is 5.91 Å². The van der Waals surface area contributed by atoms with Gasteiger partial charge in [-0.1, -0.05) is 5.21 Å². The van der Waals surface area contributed by atoms with Gasteiger partial charge in [-0.15, -0.1) is 29.9 Å². The number of nitrogens with two attached hydrogens (primary N) is 1. The minimum atomic E-state index is -0.681. The lowest BCUT2D eigenvalue weighted by Crippen LogP contribution is -2.28. The van der Waals surface area contributed by atoms with Crippen LogP contribution in [0, 0.1) is 0 Å². The van der Waals surface area contributed by atoms with Gasteiger partial charge in [0.15, 0.2) is 5.69 Å². The first-order valence-corrected chi connectivity index (χ1v) is 9.16. The van der Waals surface area contributed by atoms with Crippen molar-refractivity contribution in [2.75, 3.05) is 5.32 Å². The van der Waals surface area contributed by atoms with Crippen LogP contribution < -0.4 is 11.1 Å². The number of nitrogens with zero attached hydrogens (tertiary/aromatic N) is 4. The summed E-state index contributed by atoms with van der Waals surface area (Å²) in [6.45, 7) is 1.64. The zero-order chi connectivity index (χ0) is 19.0. The van der Waals surface area contributed by atoms with Crippen LogP contribution in [0.1, 0.15) is 61.1 Å². The number of anilines is 1. The van der Waals surface area contributed by atoms with E-state index in [1.54, 1.807) is 36.0 Å². The molecule has 1 atom stereocenters. The highest BCUT2D eigenvalue weighted by Crippen LogP contribution is 2.27. The number of aromatic amines is 1. The van der Waals surface area contributed by atoms with Crippen LogP contribution in [0.25, 0.3) is 11.0 Å². The Kier molecular flexibility index (Phi) is 7.59. The summed E-state index contributed by atoms with van der Waals surface area (Å²) in [5.74, 6) is 0.173. The molecule has 29 heavy (non-hydrogen) atoms. The molecule has 0 aliphatic heterocycles. The molecule has 2 aromatic heterocycles. The van der Waals surface area contributed by atoms with Crippen molar-refractivity contribution in [3.8, 4) is 0 Å². The predicted octanol–water partition coefficient (Wildman–Crippen LogP) is 2.75. The molecule has 0 spiro atoms. The Morgan fingerprint density at radius 2 is 2.03 bits per heavy atom. The molecule has 0 bridgehead atoms. The molecule has 2 heterocycles. The van der Waals surface area contributed by atoms with Crippen LogP contribution >= 0.6 is 24.8 Å². The normalized spacial score (nSPS) is 19.8. The second-order valence-corrected chi connectivity index (χ2v) is 7.14. The second-order valence-electron chi connectivity index (χ2n) is 7.14. The number of carbonyl (C=O) groups excluding carboxylic acids is 1. The van der Waals surface area contributed by atoms with Crippen LogP contribution in [0.4, 0.5) is 5.69 Å². The van der Waals surface area contributed by atoms with Gasteiger partial charge in [0.05, 0.1) is 23.3 Å². The number of benzene rings is 1. The number of aliphatic hydroxyl groups excluding tert-OH is 1. The molecule has 1 amide bonds. The Labute approximate surface area is 180 Å². The van der Waals surface area contributed by atoms with Crippen LogP contribution in [0.5, 0.6) is 0 Å². The number of halogens is 2. The Morgan fingerprint density at radius 3 is 2.72 bits per heavy atom. The van der Waals surface area contributed by atoms with Crippen molar-refractivity contribution in [3.05, 3.63) is 35.9 Å². The van der Waals surface area contributed by atoms with Gasteiger partial charge in [-0.05, 0) is 50.8 Å². The summed E-state index contributed by atoms with van der Waals surface area (Å²) in [5.41, 5.74) is 8.30. The van der Waals surface area contributed by atoms with Gasteiger partial charge in [-0.3, -0.25) is 4.79 Å². The highest BCUT2D eigenvalue weighted by atomic mass is 35.5. The molecular weight excluding hydrogens is 417 g/mol. The van der Waals surface area contributed by atoms with Crippen LogP contribution in [-0.2, 0) is 0 Å². The van der Waals surface area contributed by atoms with Gasteiger partial charge in [0.1, 0.15) is 11.9 Å². The molecule has 3 aromatic rings. The molecule has 1 unspecified atom stereocenters. The van der Waals surface area contributed by atoms with Gasteiger partial charge in [0.2, 0.25) is 0 Å². The molecule has 0 radical (unpaired) electrons. The number of aromatic nitrogens is 5. The Bertz CT molecular complexity index is 964. The van der Waals surface area contributed by atoms with E-state index in [0.29, 0.717) is 11.5 Å². The summed E-state index contributed by atoms with van der Waals surface area (Å²) >= 11 is 0. The summed E-state index contributed by atoms with van der Waals surface area (Å²) in [7, 11) is 0. The van der Waals surface area contributed by atoms with Crippen molar-refractivity contribution >= 4 is 47.4 Å². The monoisotopic (exact) mass is 441 g/mol. The van der Waals surface area contributed by atoms with Gasteiger partial charge in [-0.2, -0.15) is 0 Å². The maximum Gasteiger partial charge on any atom is 0.277 e. The highest BCUT2D eigenvalue weighted by Gasteiger charge is 2.22. The quantitative estimate of drug-likeness (QED) is 0.491. The third-order valence-corrected chi connectivity index (χ3v) is 5.01. The van der Waals surface area contributed by atoms with Crippen LogP contribution in [0.2, 0.25) is 0 Å². The molecule has 11 heteroatoms. The number of imidazole rings is 1. The largest absolute Gasteiger partial charge is 0.385 e. The van der Waals surface area contributed by atoms with Crippen molar-refractivity contribution in [3.63, 3.8) is 0 Å². The van der Waals surface area contributed by atoms with Crippen LogP contribution in [0.15, 0.2) is 24.4 Å². The van der Waals surface area contributed by atoms with Gasteiger partial charge in [0, 0.05) is 11.7 Å². The lowest BCUT2D eigenvalue weighted by atomic mass is 9.92. The second kappa shape index (κ2) is 9.53. The number of amides is 1. The molecule has 158 valence electrons. The maximum atomic E-state index is 12.5. The molecule has 1 fully saturated rings. The van der Waals surface area contributed by atoms with E-state index in [0.717, 1.165) is 36.7 Å². The first kappa shape index (κ1) is 23.1. The molecule has 1 aliphatic rings. The van der Waals surface area contributed by atoms with Crippen molar-refractivity contribution in [2.24, 2.45) is 5.73 Å². The fourth-order valence-corrected chi connectivity index (χ4v) is 3.43. The summed E-state index contributed by atoms with van der Waals surface area (Å²) < 4.78 is 1.77. The fraction of sp³-hybridized carbons (Fsp3) is 0.444. The Hall–Kier alpha value is -2.20. The molecule has 1 aliphatic carbocycles. The van der Waals surface area contributed by atoms with E-state index in [2.05, 4.69) is 25.6 Å². The molecular formula is C18H25Cl2N7O2. The first-order valence-electron chi connectivity index (χ1n) is 9.16. The van der Waals surface area contributed by atoms with E-state index < -0.39 is 6.10 Å². The molecule has 1 aromatic carbocycles. The van der Waals surface area contributed by atoms with Gasteiger partial charge < -0.3 is 21.1 Å². The van der Waals surface area contributed by atoms with E-state index in [9.17, 15) is 9.90 Å². The number of nitrogens with one attached hydrogen (secondary N) is 2. The number of rotatable bonds is 4. The first-order chi connectivity index (χ1) is 13.0. The number of hydrogen-bond donors (Lipinski definition) is 4. The summed E-state index contributed by atoms with van der Waals surface area (Å²) in [5, 5.41) is 20.6. The highest BCUT2D eigenvalue weighted by molar-refractivity contribution is 6.03. The Morgan fingerprint density at radius 1 is 1.31 bits per heavy atom. The minimum absolute atomic E-state index is 0. The lowest BCUT2D eigenvalue weighted by Gasteiger charge is -2.25. The third-order valence-electron chi connectivity index (χ3n) is 5.01. The van der Waals surface area contributed by atoms with E-state index >= 15 is 0 Å². The van der Waals surface area contributed by atoms with Gasteiger partial charge in [-0.25, -0.2) is 9.67 Å². The van der Waals surface area contributed by atoms with E-state index in [-0.39, 0.29) is 48.5 Å². The Balaban J connectivity index is 0.00000150. The van der Waals surface area contributed by atoms with Crippen molar-refractivity contribution < 1.29 is 9.90 Å². The van der Waals surface area contributed by atoms with Crippen molar-refractivity contribution in [1.82, 2.24) is 25.0 Å². The molecule has 4 rings (SSSR count). The topological polar surface area (TPSA) is 135 Å². The maximum absolute atomic E-state index is 12.5. The SMILES string of the molecule is CC(O)c1nc2ccc(NC(=O)c3cn(C4CCC(N)CC4)nn3)cc2[nH]1.Cl.Cl. The fourth-order valence-electron chi connectivity index (χ4n) is 3.43. The molecule has 9 nitrogen and oxygen atoms in total. The average molecular weight is 442 g/mol.